The zero-order valence-electron chi connectivity index (χ0n) is 15.1. The summed E-state index contributed by atoms with van der Waals surface area (Å²) in [4.78, 5) is 3.95. The molecule has 0 radical (unpaired) electrons. The highest BCUT2D eigenvalue weighted by Crippen LogP contribution is 2.18. The van der Waals surface area contributed by atoms with Gasteiger partial charge in [-0.25, -0.2) is 21.9 Å². The van der Waals surface area contributed by atoms with Crippen molar-refractivity contribution < 1.29 is 17.2 Å². The summed E-state index contributed by atoms with van der Waals surface area (Å²) < 4.78 is 53.7. The maximum Gasteiger partial charge on any atom is 0.243 e. The number of piperazine rings is 1. The van der Waals surface area contributed by atoms with Crippen molar-refractivity contribution >= 4 is 15.7 Å². The van der Waals surface area contributed by atoms with E-state index in [9.17, 15) is 17.2 Å². The average molecular weight is 395 g/mol. The SMILES string of the molecule is C[C@H](CNS(=O)(=O)c1ccc(F)cc1F)N1CCN(c2ccccc2)CC1. The molecule has 27 heavy (non-hydrogen) atoms. The summed E-state index contributed by atoms with van der Waals surface area (Å²) in [7, 11) is -4.02. The molecular weight excluding hydrogens is 372 g/mol. The van der Waals surface area contributed by atoms with E-state index in [-0.39, 0.29) is 12.6 Å². The van der Waals surface area contributed by atoms with Crippen LogP contribution in [-0.2, 0) is 10.0 Å². The maximum absolute atomic E-state index is 13.8. The average Bonchev–Trinajstić information content (AvgIpc) is 2.67. The van der Waals surface area contributed by atoms with Crippen LogP contribution in [0.25, 0.3) is 0 Å². The van der Waals surface area contributed by atoms with Gasteiger partial charge in [0.1, 0.15) is 16.5 Å². The highest BCUT2D eigenvalue weighted by molar-refractivity contribution is 7.89. The number of para-hydroxylation sites is 1. The third-order valence-electron chi connectivity index (χ3n) is 4.81. The summed E-state index contributed by atoms with van der Waals surface area (Å²) in [5.41, 5.74) is 1.18. The molecule has 1 aliphatic rings. The van der Waals surface area contributed by atoms with Crippen LogP contribution in [-0.4, -0.2) is 52.1 Å². The largest absolute Gasteiger partial charge is 0.369 e. The Balaban J connectivity index is 1.54. The van der Waals surface area contributed by atoms with Crippen molar-refractivity contribution in [1.82, 2.24) is 9.62 Å². The van der Waals surface area contributed by atoms with Crippen molar-refractivity contribution in [1.29, 1.82) is 0 Å². The lowest BCUT2D eigenvalue weighted by molar-refractivity contribution is 0.198. The van der Waals surface area contributed by atoms with Crippen LogP contribution in [0.4, 0.5) is 14.5 Å². The fourth-order valence-corrected chi connectivity index (χ4v) is 4.37. The molecule has 0 spiro atoms. The van der Waals surface area contributed by atoms with Gasteiger partial charge in [-0.3, -0.25) is 4.90 Å². The van der Waals surface area contributed by atoms with Gasteiger partial charge in [-0.15, -0.1) is 0 Å². The molecule has 5 nitrogen and oxygen atoms in total. The minimum Gasteiger partial charge on any atom is -0.369 e. The summed E-state index contributed by atoms with van der Waals surface area (Å²) in [5.74, 6) is -1.90. The molecular formula is C19H23F2N3O2S. The van der Waals surface area contributed by atoms with E-state index in [0.717, 1.165) is 38.3 Å². The van der Waals surface area contributed by atoms with Crippen molar-refractivity contribution in [3.63, 3.8) is 0 Å². The molecule has 8 heteroatoms. The van der Waals surface area contributed by atoms with Gasteiger partial charge in [0.2, 0.25) is 10.0 Å². The lowest BCUT2D eigenvalue weighted by atomic mass is 10.2. The molecule has 1 fully saturated rings. The van der Waals surface area contributed by atoms with Gasteiger partial charge >= 0.3 is 0 Å². The molecule has 0 saturated carbocycles. The van der Waals surface area contributed by atoms with E-state index in [0.29, 0.717) is 6.07 Å². The molecule has 0 unspecified atom stereocenters. The molecule has 0 aliphatic carbocycles. The van der Waals surface area contributed by atoms with Gasteiger partial charge in [0, 0.05) is 50.5 Å². The second kappa shape index (κ2) is 8.33. The Morgan fingerprint density at radius 3 is 2.33 bits per heavy atom. The molecule has 2 aromatic carbocycles. The number of halogens is 2. The van der Waals surface area contributed by atoms with E-state index < -0.39 is 26.6 Å². The Hall–Kier alpha value is -2.03. The van der Waals surface area contributed by atoms with Crippen LogP contribution in [0.5, 0.6) is 0 Å². The summed E-state index contributed by atoms with van der Waals surface area (Å²) in [6.07, 6.45) is 0. The van der Waals surface area contributed by atoms with Crippen molar-refractivity contribution in [2.45, 2.75) is 17.9 Å². The molecule has 3 rings (SSSR count). The van der Waals surface area contributed by atoms with E-state index in [1.165, 1.54) is 5.69 Å². The number of sulfonamides is 1. The van der Waals surface area contributed by atoms with Gasteiger partial charge in [0.25, 0.3) is 0 Å². The summed E-state index contributed by atoms with van der Waals surface area (Å²) >= 11 is 0. The molecule has 1 saturated heterocycles. The predicted molar refractivity (Wildman–Crippen MR) is 101 cm³/mol. The van der Waals surface area contributed by atoms with Crippen molar-refractivity contribution in [3.05, 3.63) is 60.2 Å². The Labute approximate surface area is 158 Å². The molecule has 1 atom stereocenters. The van der Waals surface area contributed by atoms with Crippen LogP contribution >= 0.6 is 0 Å². The minimum atomic E-state index is -4.02. The fraction of sp³-hybridized carbons (Fsp3) is 0.368. The summed E-state index contributed by atoms with van der Waals surface area (Å²) in [5, 5.41) is 0. The maximum atomic E-state index is 13.8. The molecule has 146 valence electrons. The van der Waals surface area contributed by atoms with Gasteiger partial charge in [-0.2, -0.15) is 0 Å². The molecule has 0 amide bonds. The second-order valence-electron chi connectivity index (χ2n) is 6.63. The van der Waals surface area contributed by atoms with E-state index in [4.69, 9.17) is 0 Å². The first kappa shape index (κ1) is 19.7. The van der Waals surface area contributed by atoms with E-state index >= 15 is 0 Å². The molecule has 0 bridgehead atoms. The molecule has 1 aliphatic heterocycles. The van der Waals surface area contributed by atoms with Crippen LogP contribution in [0.2, 0.25) is 0 Å². The Bertz CT molecular complexity index is 870. The first-order valence-corrected chi connectivity index (χ1v) is 10.3. The number of hydrogen-bond donors (Lipinski definition) is 1. The summed E-state index contributed by atoms with van der Waals surface area (Å²) in [6.45, 7) is 5.42. The molecule has 1 heterocycles. The van der Waals surface area contributed by atoms with Gasteiger partial charge in [-0.05, 0) is 31.2 Å². The van der Waals surface area contributed by atoms with Crippen molar-refractivity contribution in [3.8, 4) is 0 Å². The van der Waals surface area contributed by atoms with Crippen LogP contribution in [0.15, 0.2) is 53.4 Å². The molecule has 0 aromatic heterocycles. The fourth-order valence-electron chi connectivity index (χ4n) is 3.19. The number of rotatable bonds is 6. The Morgan fingerprint density at radius 1 is 1.04 bits per heavy atom. The number of nitrogens with zero attached hydrogens (tertiary/aromatic N) is 2. The van der Waals surface area contributed by atoms with E-state index in [2.05, 4.69) is 26.7 Å². The number of hydrogen-bond acceptors (Lipinski definition) is 4. The van der Waals surface area contributed by atoms with Gasteiger partial charge in [0.15, 0.2) is 0 Å². The zero-order chi connectivity index (χ0) is 19.4. The third kappa shape index (κ3) is 4.82. The Kier molecular flexibility index (Phi) is 6.08. The van der Waals surface area contributed by atoms with E-state index in [1.54, 1.807) is 0 Å². The number of anilines is 1. The monoisotopic (exact) mass is 395 g/mol. The molecule has 1 N–H and O–H groups in total. The van der Waals surface area contributed by atoms with Gasteiger partial charge in [-0.1, -0.05) is 18.2 Å². The van der Waals surface area contributed by atoms with Crippen LogP contribution in [0.3, 0.4) is 0 Å². The Morgan fingerprint density at radius 2 is 1.70 bits per heavy atom. The van der Waals surface area contributed by atoms with E-state index in [1.807, 2.05) is 25.1 Å². The van der Waals surface area contributed by atoms with Crippen LogP contribution < -0.4 is 9.62 Å². The third-order valence-corrected chi connectivity index (χ3v) is 6.27. The first-order valence-electron chi connectivity index (χ1n) is 8.85. The highest BCUT2D eigenvalue weighted by Gasteiger charge is 2.24. The van der Waals surface area contributed by atoms with Crippen LogP contribution in [0, 0.1) is 11.6 Å². The second-order valence-corrected chi connectivity index (χ2v) is 8.37. The van der Waals surface area contributed by atoms with Crippen LogP contribution in [0.1, 0.15) is 6.92 Å². The van der Waals surface area contributed by atoms with Gasteiger partial charge in [0.05, 0.1) is 0 Å². The standard InChI is InChI=1S/C19H23F2N3O2S/c1-15(14-22-27(25,26)19-8-7-16(20)13-18(19)21)23-9-11-24(12-10-23)17-5-3-2-4-6-17/h2-8,13,15,22H,9-12,14H2,1H3/t15-/m1/s1. The lowest BCUT2D eigenvalue weighted by Crippen LogP contribution is -2.52. The smallest absolute Gasteiger partial charge is 0.243 e. The summed E-state index contributed by atoms with van der Waals surface area (Å²) in [6, 6.07) is 12.6. The highest BCUT2D eigenvalue weighted by atomic mass is 32.2. The topological polar surface area (TPSA) is 52.7 Å². The number of benzene rings is 2. The first-order chi connectivity index (χ1) is 12.9. The van der Waals surface area contributed by atoms with Crippen molar-refractivity contribution in [2.24, 2.45) is 0 Å². The predicted octanol–water partition coefficient (Wildman–Crippen LogP) is 2.45. The lowest BCUT2D eigenvalue weighted by Gasteiger charge is -2.39. The quantitative estimate of drug-likeness (QED) is 0.816. The number of nitrogens with one attached hydrogen (secondary N) is 1. The molecule has 2 aromatic rings. The normalized spacial score (nSPS) is 17.1. The minimum absolute atomic E-state index is 0.0405. The zero-order valence-corrected chi connectivity index (χ0v) is 15.9. The van der Waals surface area contributed by atoms with Gasteiger partial charge < -0.3 is 4.90 Å². The van der Waals surface area contributed by atoms with Crippen molar-refractivity contribution in [2.75, 3.05) is 37.6 Å².